The van der Waals surface area contributed by atoms with E-state index in [1.165, 1.54) is 14.0 Å². The lowest BCUT2D eigenvalue weighted by atomic mass is 9.42. The van der Waals surface area contributed by atoms with Crippen LogP contribution < -0.4 is 0 Å². The lowest BCUT2D eigenvalue weighted by Crippen LogP contribution is -2.81. The fraction of sp³-hybridized carbons (Fsp3) is 0.765. The number of hydrogen-bond acceptors (Lipinski definition) is 11. The molecular formula is C34H47NO10. The van der Waals surface area contributed by atoms with Crippen LogP contribution in [0.4, 0.5) is 0 Å². The summed E-state index contributed by atoms with van der Waals surface area (Å²) >= 11 is 0. The lowest BCUT2D eigenvalue weighted by molar-refractivity contribution is -0.321. The summed E-state index contributed by atoms with van der Waals surface area (Å²) in [6.07, 6.45) is -4.36. The smallest absolute Gasteiger partial charge is 0.338 e. The number of carbonyl (C=O) groups excluding carboxylic acids is 2. The second-order valence-corrected chi connectivity index (χ2v) is 14.3. The minimum absolute atomic E-state index is 0.118. The summed E-state index contributed by atoms with van der Waals surface area (Å²) in [7, 11) is 4.71. The van der Waals surface area contributed by atoms with Crippen LogP contribution in [0.25, 0.3) is 0 Å². The molecule has 8 unspecified atom stereocenters. The van der Waals surface area contributed by atoms with Crippen molar-refractivity contribution in [2.75, 3.05) is 34.4 Å². The van der Waals surface area contributed by atoms with Gasteiger partial charge in [0.2, 0.25) is 0 Å². The Morgan fingerprint density at radius 2 is 1.71 bits per heavy atom. The summed E-state index contributed by atoms with van der Waals surface area (Å²) in [5.41, 5.74) is -4.40. The molecule has 45 heavy (non-hydrogen) atoms. The van der Waals surface area contributed by atoms with Gasteiger partial charge in [-0.2, -0.15) is 0 Å². The first-order valence-corrected chi connectivity index (χ1v) is 16.4. The zero-order chi connectivity index (χ0) is 32.3. The Morgan fingerprint density at radius 1 is 1.00 bits per heavy atom. The van der Waals surface area contributed by atoms with Crippen molar-refractivity contribution in [3.63, 3.8) is 0 Å². The largest absolute Gasteiger partial charge is 0.455 e. The van der Waals surface area contributed by atoms with E-state index in [0.29, 0.717) is 31.5 Å². The molecule has 0 aromatic heterocycles. The number of aliphatic hydroxyl groups excluding tert-OH is 2. The molecule has 248 valence electrons. The summed E-state index contributed by atoms with van der Waals surface area (Å²) < 4.78 is 31.5. The summed E-state index contributed by atoms with van der Waals surface area (Å²) in [5, 5.41) is 37.2. The molecule has 1 saturated heterocycles. The normalized spacial score (nSPS) is 50.7. The number of esters is 2. The zero-order valence-electron chi connectivity index (χ0n) is 26.9. The minimum atomic E-state index is -1.80. The molecule has 1 heterocycles. The standard InChI is InChI=1S/C34H47NO10/c1-7-31-16-35(8-2)26-23-24(42-5)25(31)33(26,21(41-4)14-20(31)37)19-15-32(40)28(44-30(39)18-12-10-9-11-13-18)22(19)34(23,45-17(3)36)27(38)29(32)43-6/h9-13,19-29,37-38,40H,7-8,14-16H2,1-6H3/t19?,20-,21?,22-,23?,24?,25?,26?,27+,28-,29+,31?,32-,33?,34-/m1/s1. The van der Waals surface area contributed by atoms with Crippen molar-refractivity contribution in [1.82, 2.24) is 4.90 Å². The van der Waals surface area contributed by atoms with Crippen LogP contribution in [0, 0.1) is 34.5 Å². The molecule has 1 aromatic carbocycles. The first-order valence-electron chi connectivity index (χ1n) is 16.4. The molecule has 6 aliphatic rings. The van der Waals surface area contributed by atoms with E-state index in [0.717, 1.165) is 0 Å². The molecule has 1 spiro atoms. The summed E-state index contributed by atoms with van der Waals surface area (Å²) in [4.78, 5) is 29.3. The molecule has 5 aliphatic carbocycles. The van der Waals surface area contributed by atoms with Gasteiger partial charge in [-0.3, -0.25) is 9.69 Å². The number of nitrogens with zero attached hydrogens (tertiary/aromatic N) is 1. The monoisotopic (exact) mass is 629 g/mol. The van der Waals surface area contributed by atoms with E-state index in [4.69, 9.17) is 23.7 Å². The van der Waals surface area contributed by atoms with E-state index in [1.54, 1.807) is 44.6 Å². The first-order chi connectivity index (χ1) is 21.5. The average Bonchev–Trinajstić information content (AvgIpc) is 3.40. The number of methoxy groups -OCH3 is 3. The van der Waals surface area contributed by atoms with Gasteiger partial charge in [-0.05, 0) is 37.4 Å². The van der Waals surface area contributed by atoms with Crippen molar-refractivity contribution in [3.05, 3.63) is 35.9 Å². The number of benzene rings is 1. The number of hydrogen-bond donors (Lipinski definition) is 3. The van der Waals surface area contributed by atoms with E-state index in [1.807, 2.05) is 0 Å². The Bertz CT molecular complexity index is 1350. The van der Waals surface area contributed by atoms with Gasteiger partial charge in [0, 0.05) is 75.8 Å². The Balaban J connectivity index is 1.53. The number of rotatable bonds is 8. The van der Waals surface area contributed by atoms with Crippen molar-refractivity contribution in [1.29, 1.82) is 0 Å². The van der Waals surface area contributed by atoms with Gasteiger partial charge in [0.05, 0.1) is 23.9 Å². The van der Waals surface area contributed by atoms with Gasteiger partial charge in [-0.1, -0.05) is 32.0 Å². The second kappa shape index (κ2) is 10.4. The van der Waals surface area contributed by atoms with Crippen LogP contribution in [0.2, 0.25) is 0 Å². The van der Waals surface area contributed by atoms with Crippen molar-refractivity contribution in [2.45, 2.75) is 93.9 Å². The Hall–Kier alpha value is -2.12. The number of likely N-dealkylation sites (tertiary alicyclic amines) is 1. The maximum atomic E-state index is 13.7. The van der Waals surface area contributed by atoms with Gasteiger partial charge >= 0.3 is 11.9 Å². The Labute approximate surface area is 264 Å². The highest BCUT2D eigenvalue weighted by Gasteiger charge is 2.92. The van der Waals surface area contributed by atoms with Crippen LogP contribution in [0.15, 0.2) is 30.3 Å². The van der Waals surface area contributed by atoms with Crippen molar-refractivity contribution < 1.29 is 48.6 Å². The summed E-state index contributed by atoms with van der Waals surface area (Å²) in [6.45, 7) is 6.75. The first kappa shape index (κ1) is 31.5. The molecule has 7 rings (SSSR count). The molecule has 15 atom stereocenters. The van der Waals surface area contributed by atoms with Crippen LogP contribution in [-0.4, -0.2) is 120 Å². The average molecular weight is 630 g/mol. The Morgan fingerprint density at radius 3 is 2.29 bits per heavy atom. The number of piperidine rings is 1. The molecular weight excluding hydrogens is 582 g/mol. The predicted octanol–water partition coefficient (Wildman–Crippen LogP) is 1.41. The maximum Gasteiger partial charge on any atom is 0.338 e. The molecule has 3 N–H and O–H groups in total. The number of aliphatic hydroxyl groups is 3. The lowest BCUT2D eigenvalue weighted by Gasteiger charge is -2.70. The second-order valence-electron chi connectivity index (χ2n) is 14.3. The fourth-order valence-corrected chi connectivity index (χ4v) is 12.4. The van der Waals surface area contributed by atoms with Crippen LogP contribution in [0.5, 0.6) is 0 Å². The third-order valence-electron chi connectivity index (χ3n) is 13.4. The summed E-state index contributed by atoms with van der Waals surface area (Å²) in [6, 6.07) is 8.29. The SMILES string of the molecule is CCN1CC2(CC)C3C(OC)C4C1C3(C(OC)C[C@H]2O)C1C[C@@]2(O)[C@H](OC(=O)c3ccccc3)[C@@H]1[C@]4(OC(C)=O)[C@@H](O)[C@@H]2OC. The van der Waals surface area contributed by atoms with Crippen molar-refractivity contribution in [3.8, 4) is 0 Å². The topological polar surface area (TPSA) is 144 Å². The van der Waals surface area contributed by atoms with Crippen LogP contribution in [0.3, 0.4) is 0 Å². The highest BCUT2D eigenvalue weighted by Crippen LogP contribution is 2.81. The molecule has 5 saturated carbocycles. The van der Waals surface area contributed by atoms with Crippen LogP contribution >= 0.6 is 0 Å². The van der Waals surface area contributed by atoms with E-state index in [9.17, 15) is 24.9 Å². The van der Waals surface area contributed by atoms with Gasteiger partial charge in [-0.15, -0.1) is 0 Å². The van der Waals surface area contributed by atoms with Crippen LogP contribution in [-0.2, 0) is 28.5 Å². The van der Waals surface area contributed by atoms with E-state index < -0.39 is 88.3 Å². The van der Waals surface area contributed by atoms with Gasteiger partial charge in [0.15, 0.2) is 5.60 Å². The molecule has 0 radical (unpaired) electrons. The van der Waals surface area contributed by atoms with Gasteiger partial charge in [0.25, 0.3) is 0 Å². The minimum Gasteiger partial charge on any atom is -0.455 e. The maximum absolute atomic E-state index is 13.7. The van der Waals surface area contributed by atoms with Crippen molar-refractivity contribution in [2.24, 2.45) is 34.5 Å². The van der Waals surface area contributed by atoms with Crippen LogP contribution in [0.1, 0.15) is 50.4 Å². The zero-order valence-corrected chi connectivity index (χ0v) is 26.9. The molecule has 1 aromatic rings. The molecule has 1 aliphatic heterocycles. The Kier molecular flexibility index (Phi) is 7.30. The van der Waals surface area contributed by atoms with Gasteiger partial charge in [0.1, 0.15) is 23.9 Å². The molecule has 6 fully saturated rings. The number of fused-ring (bicyclic) bond motifs is 2. The third kappa shape index (κ3) is 3.50. The van der Waals surface area contributed by atoms with E-state index >= 15 is 0 Å². The van der Waals surface area contributed by atoms with Gasteiger partial charge < -0.3 is 39.0 Å². The molecule has 11 heteroatoms. The summed E-state index contributed by atoms with van der Waals surface area (Å²) in [5.74, 6) is -3.34. The van der Waals surface area contributed by atoms with E-state index in [2.05, 4.69) is 18.7 Å². The molecule has 11 nitrogen and oxygen atoms in total. The highest BCUT2D eigenvalue weighted by molar-refractivity contribution is 5.89. The van der Waals surface area contributed by atoms with Crippen molar-refractivity contribution >= 4 is 11.9 Å². The third-order valence-corrected chi connectivity index (χ3v) is 13.4. The molecule has 0 amide bonds. The van der Waals surface area contributed by atoms with Gasteiger partial charge in [-0.25, -0.2) is 4.79 Å². The van der Waals surface area contributed by atoms with E-state index in [-0.39, 0.29) is 18.4 Å². The highest BCUT2D eigenvalue weighted by atomic mass is 16.6. The number of carbonyl (C=O) groups is 2. The quantitative estimate of drug-likeness (QED) is 0.359. The molecule has 7 bridgehead atoms. The fourth-order valence-electron chi connectivity index (χ4n) is 12.4. The predicted molar refractivity (Wildman–Crippen MR) is 159 cm³/mol. The number of ether oxygens (including phenoxy) is 5.